The second kappa shape index (κ2) is 10.9. The van der Waals surface area contributed by atoms with Crippen LogP contribution in [-0.4, -0.2) is 44.6 Å². The Morgan fingerprint density at radius 1 is 1.21 bits per heavy atom. The number of amides is 1. The molecule has 0 aromatic heterocycles. The van der Waals surface area contributed by atoms with Gasteiger partial charge in [0.1, 0.15) is 0 Å². The van der Waals surface area contributed by atoms with Crippen LogP contribution >= 0.6 is 0 Å². The molecule has 1 amide bonds. The number of anilines is 1. The maximum atomic E-state index is 11.6. The summed E-state index contributed by atoms with van der Waals surface area (Å²) in [5, 5.41) is 9.67. The first-order valence-corrected chi connectivity index (χ1v) is 10.9. The predicted molar refractivity (Wildman–Crippen MR) is 116 cm³/mol. The number of carbonyl (C=O) groups is 1. The van der Waals surface area contributed by atoms with Crippen LogP contribution < -0.4 is 20.9 Å². The lowest BCUT2D eigenvalue weighted by Crippen LogP contribution is -2.47. The van der Waals surface area contributed by atoms with E-state index in [0.717, 1.165) is 37.2 Å². The molecule has 1 aromatic rings. The molecule has 1 heterocycles. The highest BCUT2D eigenvalue weighted by molar-refractivity contribution is 5.82. The Bertz CT molecular complexity index is 637. The predicted octanol–water partition coefficient (Wildman–Crippen LogP) is 2.65. The molecule has 1 saturated carbocycles. The number of rotatable bonds is 8. The van der Waals surface area contributed by atoms with E-state index in [1.165, 1.54) is 44.1 Å². The van der Waals surface area contributed by atoms with E-state index < -0.39 is 0 Å². The Labute approximate surface area is 169 Å². The fraction of sp³-hybridized carbons (Fsp3) is 0.636. The molecule has 1 aromatic carbocycles. The third kappa shape index (κ3) is 6.43. The van der Waals surface area contributed by atoms with Crippen molar-refractivity contribution >= 4 is 17.6 Å². The van der Waals surface area contributed by atoms with E-state index in [0.29, 0.717) is 19.6 Å². The van der Waals surface area contributed by atoms with E-state index in [1.54, 1.807) is 0 Å². The van der Waals surface area contributed by atoms with Gasteiger partial charge in [0.2, 0.25) is 5.91 Å². The molecule has 0 atom stereocenters. The van der Waals surface area contributed by atoms with Crippen LogP contribution in [-0.2, 0) is 11.3 Å². The fourth-order valence-electron chi connectivity index (χ4n) is 4.08. The van der Waals surface area contributed by atoms with Crippen molar-refractivity contribution in [3.05, 3.63) is 29.8 Å². The first-order valence-electron chi connectivity index (χ1n) is 10.9. The maximum Gasteiger partial charge on any atom is 0.239 e. The van der Waals surface area contributed by atoms with E-state index >= 15 is 0 Å². The summed E-state index contributed by atoms with van der Waals surface area (Å²) in [4.78, 5) is 18.4. The molecule has 3 rings (SSSR count). The number of hydrogen-bond acceptors (Lipinski definition) is 3. The Balaban J connectivity index is 1.45. The van der Waals surface area contributed by atoms with Gasteiger partial charge in [-0.1, -0.05) is 37.8 Å². The van der Waals surface area contributed by atoms with Gasteiger partial charge >= 0.3 is 0 Å². The van der Waals surface area contributed by atoms with Gasteiger partial charge in [0, 0.05) is 31.9 Å². The molecule has 1 aliphatic carbocycles. The zero-order chi connectivity index (χ0) is 19.6. The third-order valence-corrected chi connectivity index (χ3v) is 5.66. The average molecular weight is 386 g/mol. The van der Waals surface area contributed by atoms with Crippen molar-refractivity contribution in [2.75, 3.05) is 37.6 Å². The number of hydrogen-bond donors (Lipinski definition) is 3. The van der Waals surface area contributed by atoms with E-state index in [2.05, 4.69) is 52.0 Å². The number of piperazine rings is 1. The molecule has 1 aliphatic heterocycles. The van der Waals surface area contributed by atoms with Crippen LogP contribution in [0.4, 0.5) is 5.69 Å². The smallest absolute Gasteiger partial charge is 0.239 e. The van der Waals surface area contributed by atoms with Crippen LogP contribution in [0.1, 0.15) is 51.0 Å². The van der Waals surface area contributed by atoms with Crippen LogP contribution in [0.15, 0.2) is 29.3 Å². The molecule has 2 aliphatic rings. The quantitative estimate of drug-likeness (QED) is 0.366. The van der Waals surface area contributed by atoms with Crippen LogP contribution in [0.3, 0.4) is 0 Å². The molecule has 3 N–H and O–H groups in total. The van der Waals surface area contributed by atoms with Crippen molar-refractivity contribution in [1.29, 1.82) is 0 Å². The number of nitrogens with one attached hydrogen (secondary N) is 3. The molecule has 6 heteroatoms. The Morgan fingerprint density at radius 2 is 2.00 bits per heavy atom. The lowest BCUT2D eigenvalue weighted by Gasteiger charge is -2.28. The summed E-state index contributed by atoms with van der Waals surface area (Å²) in [5.74, 6) is 1.94. The molecule has 0 bridgehead atoms. The number of benzene rings is 1. The van der Waals surface area contributed by atoms with Crippen molar-refractivity contribution in [3.8, 4) is 0 Å². The van der Waals surface area contributed by atoms with Gasteiger partial charge in [-0.3, -0.25) is 4.79 Å². The third-order valence-electron chi connectivity index (χ3n) is 5.66. The van der Waals surface area contributed by atoms with Crippen LogP contribution in [0.5, 0.6) is 0 Å². The number of carbonyl (C=O) groups excluding carboxylic acids is 1. The molecular formula is C22H35N5O. The molecule has 6 nitrogen and oxygen atoms in total. The summed E-state index contributed by atoms with van der Waals surface area (Å²) in [6, 6.07) is 8.39. The van der Waals surface area contributed by atoms with Gasteiger partial charge in [-0.2, -0.15) is 0 Å². The topological polar surface area (TPSA) is 68.8 Å². The van der Waals surface area contributed by atoms with E-state index in [1.807, 2.05) is 0 Å². The van der Waals surface area contributed by atoms with Crippen molar-refractivity contribution in [3.63, 3.8) is 0 Å². The van der Waals surface area contributed by atoms with Crippen molar-refractivity contribution in [2.24, 2.45) is 10.9 Å². The highest BCUT2D eigenvalue weighted by atomic mass is 16.2. The monoisotopic (exact) mass is 385 g/mol. The van der Waals surface area contributed by atoms with Gasteiger partial charge in [-0.25, -0.2) is 4.99 Å². The summed E-state index contributed by atoms with van der Waals surface area (Å²) in [5.41, 5.74) is 2.27. The zero-order valence-electron chi connectivity index (χ0n) is 17.2. The lowest BCUT2D eigenvalue weighted by molar-refractivity contribution is -0.120. The van der Waals surface area contributed by atoms with Gasteiger partial charge in [0.15, 0.2) is 5.96 Å². The standard InChI is InChI=1S/C22H35N5O/c1-2-23-22(25-13-5-8-18-6-3-4-7-18)26-16-19-9-11-20(12-10-19)27-15-14-24-21(28)17-27/h9-12,18H,2-8,13-17H2,1H3,(H,24,28)(H2,23,25,26). The van der Waals surface area contributed by atoms with Gasteiger partial charge in [-0.15, -0.1) is 0 Å². The lowest BCUT2D eigenvalue weighted by atomic mass is 10.0. The molecule has 1 saturated heterocycles. The highest BCUT2D eigenvalue weighted by Gasteiger charge is 2.16. The minimum atomic E-state index is 0.0919. The second-order valence-corrected chi connectivity index (χ2v) is 7.85. The van der Waals surface area contributed by atoms with E-state index in [9.17, 15) is 4.79 Å². The first kappa shape index (κ1) is 20.5. The molecule has 0 spiro atoms. The van der Waals surface area contributed by atoms with E-state index in [-0.39, 0.29) is 5.91 Å². The summed E-state index contributed by atoms with van der Waals surface area (Å²) in [6.07, 6.45) is 8.24. The normalized spacial score (nSPS) is 18.2. The molecule has 0 unspecified atom stereocenters. The minimum Gasteiger partial charge on any atom is -0.360 e. The molecule has 154 valence electrons. The van der Waals surface area contributed by atoms with Gasteiger partial charge < -0.3 is 20.9 Å². The Hall–Kier alpha value is -2.24. The zero-order valence-corrected chi connectivity index (χ0v) is 17.2. The maximum absolute atomic E-state index is 11.6. The summed E-state index contributed by atoms with van der Waals surface area (Å²) >= 11 is 0. The van der Waals surface area contributed by atoms with Crippen LogP contribution in [0.25, 0.3) is 0 Å². The summed E-state index contributed by atoms with van der Waals surface area (Å²) < 4.78 is 0. The largest absolute Gasteiger partial charge is 0.360 e. The molecule has 2 fully saturated rings. The van der Waals surface area contributed by atoms with Crippen molar-refractivity contribution in [1.82, 2.24) is 16.0 Å². The molecule has 28 heavy (non-hydrogen) atoms. The minimum absolute atomic E-state index is 0.0919. The van der Waals surface area contributed by atoms with E-state index in [4.69, 9.17) is 4.99 Å². The van der Waals surface area contributed by atoms with Gasteiger partial charge in [0.25, 0.3) is 0 Å². The Kier molecular flexibility index (Phi) is 8.00. The van der Waals surface area contributed by atoms with Crippen LogP contribution in [0.2, 0.25) is 0 Å². The molecule has 0 radical (unpaired) electrons. The number of guanidine groups is 1. The second-order valence-electron chi connectivity index (χ2n) is 7.85. The SMILES string of the molecule is CCNC(=NCc1ccc(N2CCNC(=O)C2)cc1)NCCCC1CCCC1. The van der Waals surface area contributed by atoms with Crippen LogP contribution in [0, 0.1) is 5.92 Å². The van der Waals surface area contributed by atoms with Gasteiger partial charge in [-0.05, 0) is 43.4 Å². The number of nitrogens with zero attached hydrogens (tertiary/aromatic N) is 2. The summed E-state index contributed by atoms with van der Waals surface area (Å²) in [6.45, 7) is 6.61. The van der Waals surface area contributed by atoms with Crippen molar-refractivity contribution < 1.29 is 4.79 Å². The molecular weight excluding hydrogens is 350 g/mol. The summed E-state index contributed by atoms with van der Waals surface area (Å²) in [7, 11) is 0. The average Bonchev–Trinajstić information content (AvgIpc) is 3.23. The fourth-order valence-corrected chi connectivity index (χ4v) is 4.08. The van der Waals surface area contributed by atoms with Crippen molar-refractivity contribution in [2.45, 2.75) is 52.0 Å². The number of aliphatic imine (C=N–C) groups is 1. The highest BCUT2D eigenvalue weighted by Crippen LogP contribution is 2.28. The van der Waals surface area contributed by atoms with Gasteiger partial charge in [0.05, 0.1) is 13.1 Å². The first-order chi connectivity index (χ1) is 13.7. The Morgan fingerprint density at radius 3 is 2.71 bits per heavy atom.